The smallest absolute Gasteiger partial charge is 0.102 e. The molecule has 1 N–H and O–H groups in total. The van der Waals surface area contributed by atoms with Gasteiger partial charge in [0, 0.05) is 12.6 Å². The lowest BCUT2D eigenvalue weighted by molar-refractivity contribution is 0.0232. The number of aryl methyl sites for hydroxylation is 1. The molecule has 0 amide bonds. The summed E-state index contributed by atoms with van der Waals surface area (Å²) in [5.41, 5.74) is 2.73. The van der Waals surface area contributed by atoms with E-state index in [0.717, 1.165) is 36.3 Å². The van der Waals surface area contributed by atoms with E-state index in [4.69, 9.17) is 10.00 Å². The third kappa shape index (κ3) is 2.78. The van der Waals surface area contributed by atoms with E-state index in [0.29, 0.717) is 12.1 Å². The van der Waals surface area contributed by atoms with E-state index in [2.05, 4.69) is 18.3 Å². The molecule has 1 heterocycles. The number of hydrogen-bond donors (Lipinski definition) is 1. The monoisotopic (exact) mass is 230 g/mol. The van der Waals surface area contributed by atoms with Crippen LogP contribution in [0.4, 0.5) is 5.69 Å². The molecule has 1 saturated heterocycles. The van der Waals surface area contributed by atoms with Crippen molar-refractivity contribution in [2.45, 2.75) is 38.8 Å². The first-order chi connectivity index (χ1) is 8.20. The molecule has 3 nitrogen and oxygen atoms in total. The first-order valence-electron chi connectivity index (χ1n) is 6.08. The number of benzene rings is 1. The van der Waals surface area contributed by atoms with Crippen LogP contribution in [0.15, 0.2) is 18.2 Å². The molecular weight excluding hydrogens is 212 g/mol. The summed E-state index contributed by atoms with van der Waals surface area (Å²) in [7, 11) is 0. The van der Waals surface area contributed by atoms with Gasteiger partial charge in [-0.2, -0.15) is 5.26 Å². The largest absolute Gasteiger partial charge is 0.381 e. The SMILES string of the molecule is Cc1cccc(NC2CCOC(C)C2)c1C#N. The van der Waals surface area contributed by atoms with E-state index in [1.807, 2.05) is 25.1 Å². The minimum absolute atomic E-state index is 0.302. The maximum absolute atomic E-state index is 9.17. The molecule has 0 spiro atoms. The molecule has 1 fully saturated rings. The summed E-state index contributed by atoms with van der Waals surface area (Å²) in [6.07, 6.45) is 2.30. The summed E-state index contributed by atoms with van der Waals surface area (Å²) >= 11 is 0. The fourth-order valence-corrected chi connectivity index (χ4v) is 2.29. The van der Waals surface area contributed by atoms with Gasteiger partial charge >= 0.3 is 0 Å². The van der Waals surface area contributed by atoms with Crippen LogP contribution in [0.3, 0.4) is 0 Å². The number of nitriles is 1. The van der Waals surface area contributed by atoms with Crippen LogP contribution >= 0.6 is 0 Å². The standard InChI is InChI=1S/C14H18N2O/c1-10-4-3-5-14(13(10)9-15)16-12-6-7-17-11(2)8-12/h3-5,11-12,16H,6-8H2,1-2H3. The van der Waals surface area contributed by atoms with Gasteiger partial charge in [0.05, 0.1) is 17.4 Å². The van der Waals surface area contributed by atoms with Crippen LogP contribution in [0.5, 0.6) is 0 Å². The lowest BCUT2D eigenvalue weighted by Gasteiger charge is -2.29. The Kier molecular flexibility index (Phi) is 3.65. The summed E-state index contributed by atoms with van der Waals surface area (Å²) in [4.78, 5) is 0. The van der Waals surface area contributed by atoms with Crippen molar-refractivity contribution in [3.63, 3.8) is 0 Å². The van der Waals surface area contributed by atoms with Crippen LogP contribution in [0.2, 0.25) is 0 Å². The highest BCUT2D eigenvalue weighted by molar-refractivity contribution is 5.61. The lowest BCUT2D eigenvalue weighted by atomic mass is 10.0. The average molecular weight is 230 g/mol. The van der Waals surface area contributed by atoms with Gasteiger partial charge in [-0.3, -0.25) is 0 Å². The molecule has 1 aliphatic rings. The molecule has 0 bridgehead atoms. The van der Waals surface area contributed by atoms with Crippen LogP contribution in [0.1, 0.15) is 30.9 Å². The minimum Gasteiger partial charge on any atom is -0.381 e. The van der Waals surface area contributed by atoms with Gasteiger partial charge in [0.1, 0.15) is 6.07 Å². The highest BCUT2D eigenvalue weighted by atomic mass is 16.5. The Labute approximate surface area is 102 Å². The maximum atomic E-state index is 9.17. The number of nitrogens with zero attached hydrogens (tertiary/aromatic N) is 1. The second kappa shape index (κ2) is 5.20. The number of rotatable bonds is 2. The Morgan fingerprint density at radius 1 is 1.47 bits per heavy atom. The number of nitrogens with one attached hydrogen (secondary N) is 1. The molecular formula is C14H18N2O. The highest BCUT2D eigenvalue weighted by Crippen LogP contribution is 2.23. The summed E-state index contributed by atoms with van der Waals surface area (Å²) in [5, 5.41) is 12.6. The zero-order chi connectivity index (χ0) is 12.3. The van der Waals surface area contributed by atoms with Crippen molar-refractivity contribution in [3.05, 3.63) is 29.3 Å². The maximum Gasteiger partial charge on any atom is 0.102 e. The van der Waals surface area contributed by atoms with Crippen LogP contribution < -0.4 is 5.32 Å². The highest BCUT2D eigenvalue weighted by Gasteiger charge is 2.20. The van der Waals surface area contributed by atoms with Crippen molar-refractivity contribution in [2.75, 3.05) is 11.9 Å². The summed E-state index contributed by atoms with van der Waals surface area (Å²) in [6.45, 7) is 4.86. The van der Waals surface area contributed by atoms with Crippen molar-refractivity contribution in [1.82, 2.24) is 0 Å². The zero-order valence-electron chi connectivity index (χ0n) is 10.4. The van der Waals surface area contributed by atoms with Gasteiger partial charge in [0.15, 0.2) is 0 Å². The van der Waals surface area contributed by atoms with Crippen molar-refractivity contribution in [3.8, 4) is 6.07 Å². The van der Waals surface area contributed by atoms with E-state index < -0.39 is 0 Å². The van der Waals surface area contributed by atoms with Crippen LogP contribution in [0, 0.1) is 18.3 Å². The van der Waals surface area contributed by atoms with Crippen molar-refractivity contribution in [2.24, 2.45) is 0 Å². The Balaban J connectivity index is 2.13. The minimum atomic E-state index is 0.302. The molecule has 17 heavy (non-hydrogen) atoms. The molecule has 0 radical (unpaired) electrons. The van der Waals surface area contributed by atoms with Gasteiger partial charge in [-0.15, -0.1) is 0 Å². The number of hydrogen-bond acceptors (Lipinski definition) is 3. The van der Waals surface area contributed by atoms with Crippen LogP contribution in [-0.2, 0) is 4.74 Å². The van der Waals surface area contributed by atoms with Crippen LogP contribution in [0.25, 0.3) is 0 Å². The lowest BCUT2D eigenvalue weighted by Crippen LogP contribution is -2.32. The predicted octanol–water partition coefficient (Wildman–Crippen LogP) is 2.85. The van der Waals surface area contributed by atoms with Crippen molar-refractivity contribution in [1.29, 1.82) is 5.26 Å². The first kappa shape index (κ1) is 11.9. The summed E-state index contributed by atoms with van der Waals surface area (Å²) < 4.78 is 5.52. The molecule has 1 aromatic rings. The molecule has 0 saturated carbocycles. The van der Waals surface area contributed by atoms with Gasteiger partial charge in [-0.25, -0.2) is 0 Å². The van der Waals surface area contributed by atoms with E-state index in [1.54, 1.807) is 0 Å². The molecule has 2 rings (SSSR count). The molecule has 0 aromatic heterocycles. The van der Waals surface area contributed by atoms with Crippen LogP contribution in [-0.4, -0.2) is 18.8 Å². The molecule has 1 aromatic carbocycles. The van der Waals surface area contributed by atoms with E-state index in [1.165, 1.54) is 0 Å². The van der Waals surface area contributed by atoms with Gasteiger partial charge in [0.2, 0.25) is 0 Å². The first-order valence-corrected chi connectivity index (χ1v) is 6.08. The van der Waals surface area contributed by atoms with Gasteiger partial charge < -0.3 is 10.1 Å². The van der Waals surface area contributed by atoms with E-state index >= 15 is 0 Å². The van der Waals surface area contributed by atoms with E-state index in [9.17, 15) is 0 Å². The zero-order valence-corrected chi connectivity index (χ0v) is 10.4. The number of anilines is 1. The molecule has 2 atom stereocenters. The molecule has 2 unspecified atom stereocenters. The molecule has 90 valence electrons. The number of ether oxygens (including phenoxy) is 1. The summed E-state index contributed by atoms with van der Waals surface area (Å²) in [5.74, 6) is 0. The topological polar surface area (TPSA) is 45.0 Å². The van der Waals surface area contributed by atoms with Gasteiger partial charge in [0.25, 0.3) is 0 Å². The second-order valence-electron chi connectivity index (χ2n) is 4.66. The third-order valence-corrected chi connectivity index (χ3v) is 3.23. The van der Waals surface area contributed by atoms with Crippen molar-refractivity contribution < 1.29 is 4.74 Å². The normalized spacial score (nSPS) is 24.1. The molecule has 0 aliphatic carbocycles. The Hall–Kier alpha value is -1.53. The Morgan fingerprint density at radius 2 is 2.29 bits per heavy atom. The van der Waals surface area contributed by atoms with Crippen molar-refractivity contribution >= 4 is 5.69 Å². The second-order valence-corrected chi connectivity index (χ2v) is 4.66. The average Bonchev–Trinajstić information content (AvgIpc) is 2.29. The van der Waals surface area contributed by atoms with Gasteiger partial charge in [-0.05, 0) is 38.3 Å². The Morgan fingerprint density at radius 3 is 3.00 bits per heavy atom. The molecule has 3 heteroatoms. The van der Waals surface area contributed by atoms with E-state index in [-0.39, 0.29) is 0 Å². The summed E-state index contributed by atoms with van der Waals surface area (Å²) in [6, 6.07) is 8.61. The quantitative estimate of drug-likeness (QED) is 0.849. The third-order valence-electron chi connectivity index (χ3n) is 3.23. The fraction of sp³-hybridized carbons (Fsp3) is 0.500. The predicted molar refractivity (Wildman–Crippen MR) is 68.0 cm³/mol. The van der Waals surface area contributed by atoms with Gasteiger partial charge in [-0.1, -0.05) is 12.1 Å². The Bertz CT molecular complexity index is 436. The molecule has 1 aliphatic heterocycles. The fourth-order valence-electron chi connectivity index (χ4n) is 2.29.